The molecule has 2 rings (SSSR count). The van der Waals surface area contributed by atoms with Crippen LogP contribution in [-0.4, -0.2) is 0 Å². The van der Waals surface area contributed by atoms with Crippen LogP contribution in [-0.2, 0) is 11.8 Å². The number of hydrogen-bond donors (Lipinski definition) is 0. The highest BCUT2D eigenvalue weighted by atomic mass is 14.6. The topological polar surface area (TPSA) is 0 Å². The van der Waals surface area contributed by atoms with Crippen molar-refractivity contribution in [2.75, 3.05) is 0 Å². The highest BCUT2D eigenvalue weighted by molar-refractivity contribution is 5.39. The van der Waals surface area contributed by atoms with Crippen molar-refractivity contribution in [3.8, 4) is 0 Å². The molecule has 0 saturated carbocycles. The fraction of sp³-hybridized carbons (Fsp3) is 0.739. The van der Waals surface area contributed by atoms with Gasteiger partial charge in [0.1, 0.15) is 0 Å². The minimum atomic E-state index is 0.181. The minimum Gasteiger partial charge on any atom is -0.0683 e. The standard InChI is InChI=1S/C19H30.2C2H6/c1-16(2)13-14-11-9-10-12-15(14)17(3,4)19(7,8)18(16,5)6;2*1-2/h9-12H,13H2,1-8H3;2*1-2H3. The monoisotopic (exact) mass is 318 g/mol. The first-order valence-electron chi connectivity index (χ1n) is 9.53. The predicted molar refractivity (Wildman–Crippen MR) is 107 cm³/mol. The molecule has 0 spiro atoms. The minimum absolute atomic E-state index is 0.181. The molecule has 0 amide bonds. The number of benzene rings is 1. The molecule has 0 bridgehead atoms. The Labute approximate surface area is 147 Å². The highest BCUT2D eigenvalue weighted by Crippen LogP contribution is 2.63. The summed E-state index contributed by atoms with van der Waals surface area (Å²) < 4.78 is 0. The van der Waals surface area contributed by atoms with Crippen molar-refractivity contribution in [2.45, 2.75) is 94.9 Å². The van der Waals surface area contributed by atoms with E-state index in [0.29, 0.717) is 5.41 Å². The molecule has 1 aliphatic carbocycles. The van der Waals surface area contributed by atoms with Crippen molar-refractivity contribution in [3.05, 3.63) is 35.4 Å². The van der Waals surface area contributed by atoms with E-state index >= 15 is 0 Å². The lowest BCUT2D eigenvalue weighted by molar-refractivity contribution is -0.0552. The van der Waals surface area contributed by atoms with E-state index in [4.69, 9.17) is 0 Å². The van der Waals surface area contributed by atoms with E-state index in [9.17, 15) is 0 Å². The summed E-state index contributed by atoms with van der Waals surface area (Å²) in [6, 6.07) is 9.06. The van der Waals surface area contributed by atoms with Crippen LogP contribution in [0.3, 0.4) is 0 Å². The summed E-state index contributed by atoms with van der Waals surface area (Å²) in [5.41, 5.74) is 4.05. The quantitative estimate of drug-likeness (QED) is 0.431. The number of hydrogen-bond acceptors (Lipinski definition) is 0. The van der Waals surface area contributed by atoms with Crippen molar-refractivity contribution in [2.24, 2.45) is 16.2 Å². The van der Waals surface area contributed by atoms with Crippen molar-refractivity contribution in [1.82, 2.24) is 0 Å². The fourth-order valence-corrected chi connectivity index (χ4v) is 3.95. The molecule has 1 aromatic carbocycles. The summed E-state index contributed by atoms with van der Waals surface area (Å²) in [5, 5.41) is 0. The zero-order valence-corrected chi connectivity index (χ0v) is 18.0. The average molecular weight is 319 g/mol. The second kappa shape index (κ2) is 7.41. The predicted octanol–water partition coefficient (Wildman–Crippen LogP) is 7.65. The van der Waals surface area contributed by atoms with E-state index in [1.165, 1.54) is 12.0 Å². The lowest BCUT2D eigenvalue weighted by Crippen LogP contribution is -2.52. The van der Waals surface area contributed by atoms with Gasteiger partial charge in [0.2, 0.25) is 0 Å². The summed E-state index contributed by atoms with van der Waals surface area (Å²) in [7, 11) is 0. The molecule has 0 heteroatoms. The van der Waals surface area contributed by atoms with Crippen LogP contribution in [0.25, 0.3) is 0 Å². The van der Waals surface area contributed by atoms with E-state index in [2.05, 4.69) is 79.7 Å². The van der Waals surface area contributed by atoms with E-state index in [1.807, 2.05) is 27.7 Å². The lowest BCUT2D eigenvalue weighted by Gasteiger charge is -2.57. The van der Waals surface area contributed by atoms with Gasteiger partial charge in [0, 0.05) is 0 Å². The Bertz CT molecular complexity index is 487. The third kappa shape index (κ3) is 3.37. The van der Waals surface area contributed by atoms with Crippen LogP contribution in [0.4, 0.5) is 0 Å². The maximum Gasteiger partial charge on any atom is -0.00444 e. The van der Waals surface area contributed by atoms with Crippen LogP contribution < -0.4 is 0 Å². The smallest absolute Gasteiger partial charge is 0.00444 e. The molecule has 0 atom stereocenters. The third-order valence-electron chi connectivity index (χ3n) is 7.14. The van der Waals surface area contributed by atoms with E-state index in [0.717, 1.165) is 0 Å². The van der Waals surface area contributed by atoms with Crippen LogP contribution in [0, 0.1) is 16.2 Å². The molecule has 0 aromatic heterocycles. The molecule has 0 heterocycles. The normalized spacial score (nSPS) is 22.3. The molecule has 0 aliphatic heterocycles. The Balaban J connectivity index is 0.00000112. The molecule has 0 N–H and O–H groups in total. The highest BCUT2D eigenvalue weighted by Gasteiger charge is 2.57. The Kier molecular flexibility index (Phi) is 7.16. The van der Waals surface area contributed by atoms with Gasteiger partial charge in [-0.2, -0.15) is 0 Å². The second-order valence-electron chi connectivity index (χ2n) is 8.59. The number of rotatable bonds is 0. The van der Waals surface area contributed by atoms with Crippen molar-refractivity contribution < 1.29 is 0 Å². The molecule has 0 saturated heterocycles. The molecule has 23 heavy (non-hydrogen) atoms. The van der Waals surface area contributed by atoms with E-state index in [-0.39, 0.29) is 16.2 Å². The van der Waals surface area contributed by atoms with Crippen molar-refractivity contribution in [1.29, 1.82) is 0 Å². The fourth-order valence-electron chi connectivity index (χ4n) is 3.95. The molecule has 0 unspecified atom stereocenters. The Morgan fingerprint density at radius 1 is 0.652 bits per heavy atom. The molecular formula is C23H42. The van der Waals surface area contributed by atoms with Crippen LogP contribution in [0.2, 0.25) is 0 Å². The van der Waals surface area contributed by atoms with Gasteiger partial charge in [-0.3, -0.25) is 0 Å². The van der Waals surface area contributed by atoms with Gasteiger partial charge in [-0.05, 0) is 39.2 Å². The van der Waals surface area contributed by atoms with Crippen LogP contribution in [0.15, 0.2) is 24.3 Å². The Morgan fingerprint density at radius 3 is 1.57 bits per heavy atom. The van der Waals surface area contributed by atoms with E-state index < -0.39 is 0 Å². The van der Waals surface area contributed by atoms with Crippen LogP contribution in [0.1, 0.15) is 94.2 Å². The first-order valence-corrected chi connectivity index (χ1v) is 9.53. The Morgan fingerprint density at radius 2 is 1.09 bits per heavy atom. The van der Waals surface area contributed by atoms with Gasteiger partial charge in [0.15, 0.2) is 0 Å². The molecule has 0 radical (unpaired) electrons. The van der Waals surface area contributed by atoms with Gasteiger partial charge >= 0.3 is 0 Å². The van der Waals surface area contributed by atoms with Gasteiger partial charge in [-0.15, -0.1) is 0 Å². The van der Waals surface area contributed by atoms with Crippen LogP contribution in [0.5, 0.6) is 0 Å². The Hall–Kier alpha value is -0.780. The molecule has 134 valence electrons. The first kappa shape index (κ1) is 22.2. The van der Waals surface area contributed by atoms with Crippen molar-refractivity contribution in [3.63, 3.8) is 0 Å². The summed E-state index contributed by atoms with van der Waals surface area (Å²) in [6.07, 6.45) is 1.17. The second-order valence-corrected chi connectivity index (χ2v) is 8.59. The van der Waals surface area contributed by atoms with Crippen molar-refractivity contribution >= 4 is 0 Å². The summed E-state index contributed by atoms with van der Waals surface area (Å²) in [5.74, 6) is 0. The molecule has 1 aromatic rings. The molecule has 0 nitrogen and oxygen atoms in total. The van der Waals surface area contributed by atoms with Gasteiger partial charge in [0.05, 0.1) is 0 Å². The maximum absolute atomic E-state index is 2.46. The molecule has 0 fully saturated rings. The summed E-state index contributed by atoms with van der Waals surface area (Å²) in [6.45, 7) is 27.6. The van der Waals surface area contributed by atoms with Gasteiger partial charge in [-0.25, -0.2) is 0 Å². The molecular weight excluding hydrogens is 276 g/mol. The SMILES string of the molecule is CC.CC.CC1(C)Cc2ccccc2C(C)(C)C(C)(C)C1(C)C. The third-order valence-corrected chi connectivity index (χ3v) is 7.14. The molecule has 1 aliphatic rings. The number of fused-ring (bicyclic) bond motifs is 1. The zero-order valence-electron chi connectivity index (χ0n) is 18.0. The summed E-state index contributed by atoms with van der Waals surface area (Å²) in [4.78, 5) is 0. The van der Waals surface area contributed by atoms with E-state index in [1.54, 1.807) is 5.56 Å². The lowest BCUT2D eigenvalue weighted by atomic mass is 9.47. The largest absolute Gasteiger partial charge is 0.0683 e. The first-order chi connectivity index (χ1) is 10.5. The van der Waals surface area contributed by atoms with Gasteiger partial charge < -0.3 is 0 Å². The van der Waals surface area contributed by atoms with Gasteiger partial charge in [-0.1, -0.05) is 107 Å². The average Bonchev–Trinajstić information content (AvgIpc) is 2.52. The van der Waals surface area contributed by atoms with Crippen LogP contribution >= 0.6 is 0 Å². The zero-order chi connectivity index (χ0) is 18.7. The maximum atomic E-state index is 2.46. The summed E-state index contributed by atoms with van der Waals surface area (Å²) >= 11 is 0. The van der Waals surface area contributed by atoms with Gasteiger partial charge in [0.25, 0.3) is 0 Å².